The minimum Gasteiger partial charge on any atom is -0.392 e. The highest BCUT2D eigenvalue weighted by Gasteiger charge is 2.27. The summed E-state index contributed by atoms with van der Waals surface area (Å²) in [4.78, 5) is 0. The highest BCUT2D eigenvalue weighted by molar-refractivity contribution is 4.93. The number of aliphatic hydroxyl groups excluding tert-OH is 1. The van der Waals surface area contributed by atoms with Crippen LogP contribution in [0.1, 0.15) is 20.3 Å². The molecule has 0 heterocycles. The molecule has 2 atom stereocenters. The molecule has 0 aromatic carbocycles. The van der Waals surface area contributed by atoms with Gasteiger partial charge in [0.2, 0.25) is 0 Å². The van der Waals surface area contributed by atoms with Crippen LogP contribution in [0.15, 0.2) is 12.7 Å². The summed E-state index contributed by atoms with van der Waals surface area (Å²) in [5.74, 6) is 0. The molecular weight excluding hydrogens is 180 g/mol. The molecular formula is C11H22O3. The lowest BCUT2D eigenvalue weighted by molar-refractivity contribution is -0.0254. The van der Waals surface area contributed by atoms with Gasteiger partial charge in [-0.2, -0.15) is 0 Å². The number of methoxy groups -OCH3 is 2. The molecule has 0 aliphatic rings. The van der Waals surface area contributed by atoms with Crippen LogP contribution >= 0.6 is 0 Å². The first-order chi connectivity index (χ1) is 6.47. The topological polar surface area (TPSA) is 38.7 Å². The van der Waals surface area contributed by atoms with Gasteiger partial charge in [-0.3, -0.25) is 0 Å². The molecule has 3 heteroatoms. The molecule has 3 nitrogen and oxygen atoms in total. The van der Waals surface area contributed by atoms with E-state index in [1.165, 1.54) is 0 Å². The Hall–Kier alpha value is -0.380. The average molecular weight is 202 g/mol. The molecule has 0 saturated carbocycles. The van der Waals surface area contributed by atoms with E-state index in [4.69, 9.17) is 9.47 Å². The zero-order valence-corrected chi connectivity index (χ0v) is 9.62. The second kappa shape index (κ2) is 6.17. The van der Waals surface area contributed by atoms with E-state index in [1.54, 1.807) is 20.3 Å². The van der Waals surface area contributed by atoms with Crippen molar-refractivity contribution in [3.8, 4) is 0 Å². The van der Waals surface area contributed by atoms with Crippen LogP contribution in [0.25, 0.3) is 0 Å². The van der Waals surface area contributed by atoms with Crippen molar-refractivity contribution in [3.63, 3.8) is 0 Å². The Labute approximate surface area is 86.7 Å². The van der Waals surface area contributed by atoms with Crippen molar-refractivity contribution in [3.05, 3.63) is 12.7 Å². The van der Waals surface area contributed by atoms with Gasteiger partial charge < -0.3 is 14.6 Å². The third-order valence-corrected chi connectivity index (χ3v) is 2.56. The quantitative estimate of drug-likeness (QED) is 0.637. The summed E-state index contributed by atoms with van der Waals surface area (Å²) in [6, 6.07) is 0. The van der Waals surface area contributed by atoms with Gasteiger partial charge in [0, 0.05) is 26.1 Å². The average Bonchev–Trinajstić information content (AvgIpc) is 2.16. The van der Waals surface area contributed by atoms with Gasteiger partial charge in [-0.05, 0) is 0 Å². The maximum Gasteiger partial charge on any atom is 0.0829 e. The van der Waals surface area contributed by atoms with Crippen molar-refractivity contribution in [1.82, 2.24) is 0 Å². The fraction of sp³-hybridized carbons (Fsp3) is 0.818. The second-order valence-electron chi connectivity index (χ2n) is 4.09. The molecule has 0 fully saturated rings. The number of hydrogen-bond acceptors (Lipinski definition) is 3. The molecule has 0 bridgehead atoms. The lowest BCUT2D eigenvalue weighted by Crippen LogP contribution is -2.33. The Bertz CT molecular complexity index is 166. The molecule has 0 unspecified atom stereocenters. The Morgan fingerprint density at radius 2 is 2.00 bits per heavy atom. The van der Waals surface area contributed by atoms with Crippen molar-refractivity contribution in [1.29, 1.82) is 0 Å². The van der Waals surface area contributed by atoms with Gasteiger partial charge >= 0.3 is 0 Å². The van der Waals surface area contributed by atoms with Crippen molar-refractivity contribution in [2.75, 3.05) is 20.8 Å². The highest BCUT2D eigenvalue weighted by Crippen LogP contribution is 2.25. The predicted octanol–water partition coefficient (Wildman–Crippen LogP) is 1.61. The van der Waals surface area contributed by atoms with Crippen molar-refractivity contribution in [2.24, 2.45) is 5.41 Å². The standard InChI is InChI=1S/C11H22O3/c1-6-11(2,3)10(12)7-9(14-5)8-13-4/h6,9-10,12H,1,7-8H2,2-5H3/t9-,10-/m0/s1. The molecule has 0 spiro atoms. The third-order valence-electron chi connectivity index (χ3n) is 2.56. The van der Waals surface area contributed by atoms with Crippen LogP contribution in [0.2, 0.25) is 0 Å². The first-order valence-electron chi connectivity index (χ1n) is 4.81. The van der Waals surface area contributed by atoms with E-state index in [2.05, 4.69) is 6.58 Å². The van der Waals surface area contributed by atoms with Gasteiger partial charge in [0.25, 0.3) is 0 Å². The SMILES string of the molecule is C=CC(C)(C)[C@@H](O)C[C@@H](COC)OC. The minimum absolute atomic E-state index is 0.0609. The monoisotopic (exact) mass is 202 g/mol. The molecule has 0 radical (unpaired) electrons. The van der Waals surface area contributed by atoms with Crippen molar-refractivity contribution in [2.45, 2.75) is 32.5 Å². The van der Waals surface area contributed by atoms with E-state index < -0.39 is 6.10 Å². The van der Waals surface area contributed by atoms with Crippen molar-refractivity contribution < 1.29 is 14.6 Å². The summed E-state index contributed by atoms with van der Waals surface area (Å²) in [5.41, 5.74) is -0.287. The summed E-state index contributed by atoms with van der Waals surface area (Å²) < 4.78 is 10.2. The first-order valence-corrected chi connectivity index (χ1v) is 4.81. The van der Waals surface area contributed by atoms with Crippen LogP contribution in [-0.4, -0.2) is 38.1 Å². The second-order valence-corrected chi connectivity index (χ2v) is 4.09. The molecule has 84 valence electrons. The van der Waals surface area contributed by atoms with Gasteiger partial charge in [0.15, 0.2) is 0 Å². The molecule has 1 N–H and O–H groups in total. The Morgan fingerprint density at radius 1 is 1.43 bits per heavy atom. The van der Waals surface area contributed by atoms with E-state index in [9.17, 15) is 5.11 Å². The summed E-state index contributed by atoms with van der Waals surface area (Å²) in [6.07, 6.45) is 1.80. The number of rotatable bonds is 7. The minimum atomic E-state index is -0.458. The van der Waals surface area contributed by atoms with Crippen LogP contribution < -0.4 is 0 Å². The van der Waals surface area contributed by atoms with Crippen LogP contribution in [-0.2, 0) is 9.47 Å². The Morgan fingerprint density at radius 3 is 2.36 bits per heavy atom. The molecule has 0 aromatic rings. The smallest absolute Gasteiger partial charge is 0.0829 e. The van der Waals surface area contributed by atoms with E-state index in [0.29, 0.717) is 13.0 Å². The third kappa shape index (κ3) is 4.22. The molecule has 0 saturated heterocycles. The van der Waals surface area contributed by atoms with E-state index in [-0.39, 0.29) is 11.5 Å². The largest absolute Gasteiger partial charge is 0.392 e. The summed E-state index contributed by atoms with van der Waals surface area (Å²) >= 11 is 0. The van der Waals surface area contributed by atoms with E-state index in [1.807, 2.05) is 13.8 Å². The summed E-state index contributed by atoms with van der Waals surface area (Å²) in [7, 11) is 3.24. The Balaban J connectivity index is 4.13. The van der Waals surface area contributed by atoms with Gasteiger partial charge in [0.1, 0.15) is 0 Å². The lowest BCUT2D eigenvalue weighted by atomic mass is 9.84. The maximum atomic E-state index is 9.90. The fourth-order valence-electron chi connectivity index (χ4n) is 1.11. The molecule has 0 aliphatic carbocycles. The first kappa shape index (κ1) is 13.6. The fourth-order valence-corrected chi connectivity index (χ4v) is 1.11. The summed E-state index contributed by atoms with van der Waals surface area (Å²) in [6.45, 7) is 8.10. The number of ether oxygens (including phenoxy) is 2. The highest BCUT2D eigenvalue weighted by atomic mass is 16.5. The van der Waals surface area contributed by atoms with Crippen LogP contribution in [0.5, 0.6) is 0 Å². The van der Waals surface area contributed by atoms with Crippen molar-refractivity contribution >= 4 is 0 Å². The van der Waals surface area contributed by atoms with E-state index in [0.717, 1.165) is 0 Å². The molecule has 0 aromatic heterocycles. The van der Waals surface area contributed by atoms with Crippen LogP contribution in [0.4, 0.5) is 0 Å². The number of hydrogen-bond donors (Lipinski definition) is 1. The Kier molecular flexibility index (Phi) is 6.00. The molecule has 14 heavy (non-hydrogen) atoms. The van der Waals surface area contributed by atoms with Crippen LogP contribution in [0.3, 0.4) is 0 Å². The van der Waals surface area contributed by atoms with Gasteiger partial charge in [-0.25, -0.2) is 0 Å². The molecule has 0 aliphatic heterocycles. The normalized spacial score (nSPS) is 16.4. The zero-order chi connectivity index (χ0) is 11.2. The molecule has 0 amide bonds. The van der Waals surface area contributed by atoms with Crippen LogP contribution in [0, 0.1) is 5.41 Å². The summed E-state index contributed by atoms with van der Waals surface area (Å²) in [5, 5.41) is 9.90. The van der Waals surface area contributed by atoms with E-state index >= 15 is 0 Å². The van der Waals surface area contributed by atoms with Gasteiger partial charge in [-0.15, -0.1) is 6.58 Å². The predicted molar refractivity (Wildman–Crippen MR) is 57.3 cm³/mol. The molecule has 0 rings (SSSR count). The van der Waals surface area contributed by atoms with Gasteiger partial charge in [0.05, 0.1) is 18.8 Å². The number of aliphatic hydroxyl groups is 1. The van der Waals surface area contributed by atoms with Gasteiger partial charge in [-0.1, -0.05) is 19.9 Å². The maximum absolute atomic E-state index is 9.90. The zero-order valence-electron chi connectivity index (χ0n) is 9.62. The lowest BCUT2D eigenvalue weighted by Gasteiger charge is -2.29.